The van der Waals surface area contributed by atoms with Crippen LogP contribution in [0.5, 0.6) is 5.75 Å². The molecule has 8 nitrogen and oxygen atoms in total. The molecule has 36 heavy (non-hydrogen) atoms. The number of aromatic nitrogens is 3. The third kappa shape index (κ3) is 6.18. The van der Waals surface area contributed by atoms with Crippen molar-refractivity contribution in [3.05, 3.63) is 76.2 Å². The van der Waals surface area contributed by atoms with Crippen LogP contribution in [-0.2, 0) is 17.8 Å². The van der Waals surface area contributed by atoms with Crippen molar-refractivity contribution in [2.24, 2.45) is 5.92 Å². The molecule has 2 aliphatic rings. The topological polar surface area (TPSA) is 91.4 Å². The third-order valence-corrected chi connectivity index (χ3v) is 7.13. The number of H-pyrrole nitrogens is 1. The molecule has 1 saturated heterocycles. The summed E-state index contributed by atoms with van der Waals surface area (Å²) in [6.07, 6.45) is 4.27. The molecule has 0 bridgehead atoms. The van der Waals surface area contributed by atoms with Gasteiger partial charge in [0, 0.05) is 51.1 Å². The Labute approximate surface area is 211 Å². The largest absolute Gasteiger partial charge is 0.493 e. The number of carbonyl (C=O) groups excluding carboxylic acids is 1. The number of piperazine rings is 1. The Bertz CT molecular complexity index is 1220. The van der Waals surface area contributed by atoms with Crippen LogP contribution < -0.4 is 10.3 Å². The standard InChI is InChI=1S/C28H33N5O3/c34-26(33-16-14-32(15-17-33)19-21-6-2-1-3-7-21)13-12-25-28(35)29-27(31-30-25)23-10-5-11-24(18-23)36-20-22-8-4-9-22/h1-3,5-7,10-11,18,22H,4,8-9,12-17,19-20H2,(H,29,31,35). The molecule has 0 atom stereocenters. The first-order valence-electron chi connectivity index (χ1n) is 12.9. The van der Waals surface area contributed by atoms with E-state index in [1.165, 1.54) is 24.8 Å². The average molecular weight is 488 g/mol. The second-order valence-electron chi connectivity index (χ2n) is 9.73. The maximum atomic E-state index is 12.7. The molecule has 0 radical (unpaired) electrons. The lowest BCUT2D eigenvalue weighted by Crippen LogP contribution is -2.48. The Morgan fingerprint density at radius 3 is 2.53 bits per heavy atom. The van der Waals surface area contributed by atoms with Crippen LogP contribution in [0.2, 0.25) is 0 Å². The fourth-order valence-electron chi connectivity index (χ4n) is 4.64. The van der Waals surface area contributed by atoms with Crippen LogP contribution in [0.1, 0.15) is 36.9 Å². The summed E-state index contributed by atoms with van der Waals surface area (Å²) < 4.78 is 5.90. The molecule has 2 fully saturated rings. The summed E-state index contributed by atoms with van der Waals surface area (Å²) in [7, 11) is 0. The number of hydrogen-bond acceptors (Lipinski definition) is 6. The lowest BCUT2D eigenvalue weighted by atomic mass is 9.86. The van der Waals surface area contributed by atoms with Crippen LogP contribution in [-0.4, -0.2) is 63.7 Å². The van der Waals surface area contributed by atoms with Crippen molar-refractivity contribution in [3.8, 4) is 17.1 Å². The molecule has 5 rings (SSSR count). The summed E-state index contributed by atoms with van der Waals surface area (Å²) in [5.74, 6) is 1.86. The molecule has 188 valence electrons. The summed E-state index contributed by atoms with van der Waals surface area (Å²) in [5, 5.41) is 8.36. The SMILES string of the molecule is O=C(CCc1nnc(-c2cccc(OCC3CCC3)c2)[nH]c1=O)N1CCN(Cc2ccccc2)CC1. The molecular weight excluding hydrogens is 454 g/mol. The van der Waals surface area contributed by atoms with E-state index >= 15 is 0 Å². The van der Waals surface area contributed by atoms with Crippen LogP contribution in [0.25, 0.3) is 11.4 Å². The predicted octanol–water partition coefficient (Wildman–Crippen LogP) is 3.29. The number of aromatic amines is 1. The normalized spacial score (nSPS) is 16.5. The number of rotatable bonds is 9. The number of hydrogen-bond donors (Lipinski definition) is 1. The van der Waals surface area contributed by atoms with Crippen molar-refractivity contribution < 1.29 is 9.53 Å². The van der Waals surface area contributed by atoms with Crippen LogP contribution in [0.4, 0.5) is 0 Å². The summed E-state index contributed by atoms with van der Waals surface area (Å²) in [5.41, 5.74) is 2.02. The highest BCUT2D eigenvalue weighted by Gasteiger charge is 2.22. The maximum absolute atomic E-state index is 12.7. The first-order valence-corrected chi connectivity index (χ1v) is 12.9. The highest BCUT2D eigenvalue weighted by atomic mass is 16.5. The quantitative estimate of drug-likeness (QED) is 0.498. The molecule has 2 heterocycles. The maximum Gasteiger partial charge on any atom is 0.273 e. The second kappa shape index (κ2) is 11.5. The van der Waals surface area contributed by atoms with Crippen molar-refractivity contribution in [1.82, 2.24) is 25.0 Å². The molecule has 0 unspecified atom stereocenters. The minimum Gasteiger partial charge on any atom is -0.493 e. The van der Waals surface area contributed by atoms with Crippen molar-refractivity contribution >= 4 is 5.91 Å². The Kier molecular flexibility index (Phi) is 7.71. The summed E-state index contributed by atoms with van der Waals surface area (Å²) in [4.78, 5) is 32.5. The number of nitrogens with one attached hydrogen (secondary N) is 1. The number of aryl methyl sites for hydroxylation is 1. The fourth-order valence-corrected chi connectivity index (χ4v) is 4.64. The van der Waals surface area contributed by atoms with E-state index in [4.69, 9.17) is 4.74 Å². The summed E-state index contributed by atoms with van der Waals surface area (Å²) >= 11 is 0. The fraction of sp³-hybridized carbons (Fsp3) is 0.429. The van der Waals surface area contributed by atoms with E-state index in [0.29, 0.717) is 24.8 Å². The van der Waals surface area contributed by atoms with E-state index in [1.807, 2.05) is 35.2 Å². The molecule has 1 saturated carbocycles. The van der Waals surface area contributed by atoms with Gasteiger partial charge in [0.25, 0.3) is 5.56 Å². The van der Waals surface area contributed by atoms with E-state index in [2.05, 4.69) is 44.3 Å². The van der Waals surface area contributed by atoms with Gasteiger partial charge in [-0.15, -0.1) is 10.2 Å². The number of amides is 1. The molecular formula is C28H33N5O3. The highest BCUT2D eigenvalue weighted by Crippen LogP contribution is 2.28. The minimum absolute atomic E-state index is 0.0518. The zero-order chi connectivity index (χ0) is 24.7. The van der Waals surface area contributed by atoms with Crippen LogP contribution >= 0.6 is 0 Å². The van der Waals surface area contributed by atoms with E-state index in [0.717, 1.165) is 37.6 Å². The Morgan fingerprint density at radius 2 is 1.81 bits per heavy atom. The number of nitrogens with zero attached hydrogens (tertiary/aromatic N) is 4. The lowest BCUT2D eigenvalue weighted by Gasteiger charge is -2.34. The van der Waals surface area contributed by atoms with E-state index < -0.39 is 0 Å². The van der Waals surface area contributed by atoms with Gasteiger partial charge in [0.1, 0.15) is 11.4 Å². The van der Waals surface area contributed by atoms with Gasteiger partial charge < -0.3 is 14.6 Å². The van der Waals surface area contributed by atoms with E-state index in [-0.39, 0.29) is 30.0 Å². The molecule has 1 aromatic heterocycles. The number of benzene rings is 2. The van der Waals surface area contributed by atoms with Gasteiger partial charge in [0.05, 0.1) is 6.61 Å². The summed E-state index contributed by atoms with van der Waals surface area (Å²) in [6, 6.07) is 17.9. The van der Waals surface area contributed by atoms with Gasteiger partial charge >= 0.3 is 0 Å². The third-order valence-electron chi connectivity index (χ3n) is 7.13. The van der Waals surface area contributed by atoms with Crippen LogP contribution in [0.3, 0.4) is 0 Å². The van der Waals surface area contributed by atoms with E-state index in [9.17, 15) is 9.59 Å². The second-order valence-corrected chi connectivity index (χ2v) is 9.73. The molecule has 0 spiro atoms. The van der Waals surface area contributed by atoms with Gasteiger partial charge in [0.15, 0.2) is 5.82 Å². The molecule has 2 aromatic carbocycles. The molecule has 3 aromatic rings. The zero-order valence-electron chi connectivity index (χ0n) is 20.6. The van der Waals surface area contributed by atoms with Crippen LogP contribution in [0, 0.1) is 5.92 Å². The Balaban J connectivity index is 1.11. The van der Waals surface area contributed by atoms with Gasteiger partial charge in [-0.2, -0.15) is 0 Å². The minimum atomic E-state index is -0.304. The number of ether oxygens (including phenoxy) is 1. The Morgan fingerprint density at radius 1 is 1.00 bits per heavy atom. The molecule has 1 amide bonds. The van der Waals surface area contributed by atoms with Crippen molar-refractivity contribution in [1.29, 1.82) is 0 Å². The Hall–Kier alpha value is -3.52. The smallest absolute Gasteiger partial charge is 0.273 e. The molecule has 1 aliphatic heterocycles. The van der Waals surface area contributed by atoms with Crippen LogP contribution in [0.15, 0.2) is 59.4 Å². The molecule has 8 heteroatoms. The monoisotopic (exact) mass is 487 g/mol. The highest BCUT2D eigenvalue weighted by molar-refractivity contribution is 5.76. The van der Waals surface area contributed by atoms with Gasteiger partial charge in [-0.05, 0) is 36.5 Å². The van der Waals surface area contributed by atoms with Crippen molar-refractivity contribution in [2.45, 2.75) is 38.6 Å². The van der Waals surface area contributed by atoms with Gasteiger partial charge in [-0.3, -0.25) is 14.5 Å². The van der Waals surface area contributed by atoms with Crippen molar-refractivity contribution in [3.63, 3.8) is 0 Å². The molecule has 1 aliphatic carbocycles. The zero-order valence-corrected chi connectivity index (χ0v) is 20.6. The lowest BCUT2D eigenvalue weighted by molar-refractivity contribution is -0.133. The number of carbonyl (C=O) groups is 1. The first kappa shape index (κ1) is 24.2. The molecule has 1 N–H and O–H groups in total. The van der Waals surface area contributed by atoms with Gasteiger partial charge in [0.2, 0.25) is 5.91 Å². The average Bonchev–Trinajstić information content (AvgIpc) is 2.88. The van der Waals surface area contributed by atoms with Gasteiger partial charge in [-0.25, -0.2) is 0 Å². The first-order chi connectivity index (χ1) is 17.6. The summed E-state index contributed by atoms with van der Waals surface area (Å²) in [6.45, 7) is 4.71. The predicted molar refractivity (Wildman–Crippen MR) is 138 cm³/mol. The van der Waals surface area contributed by atoms with E-state index in [1.54, 1.807) is 0 Å². The van der Waals surface area contributed by atoms with Crippen molar-refractivity contribution in [2.75, 3.05) is 32.8 Å². The van der Waals surface area contributed by atoms with Gasteiger partial charge in [-0.1, -0.05) is 48.9 Å².